The molecule has 2 aliphatic rings. The summed E-state index contributed by atoms with van der Waals surface area (Å²) in [5.74, 6) is 0.540. The summed E-state index contributed by atoms with van der Waals surface area (Å²) < 4.78 is 2.13. The molecule has 27 heavy (non-hydrogen) atoms. The lowest BCUT2D eigenvalue weighted by molar-refractivity contribution is 0.126. The fourth-order valence-electron chi connectivity index (χ4n) is 4.70. The third kappa shape index (κ3) is 5.18. The third-order valence-electron chi connectivity index (χ3n) is 6.25. The van der Waals surface area contributed by atoms with Crippen molar-refractivity contribution in [1.82, 2.24) is 19.8 Å². The number of imidazole rings is 1. The van der Waals surface area contributed by atoms with Crippen LogP contribution >= 0.6 is 0 Å². The highest BCUT2D eigenvalue weighted by atomic mass is 16.3. The van der Waals surface area contributed by atoms with Gasteiger partial charge in [-0.05, 0) is 56.7 Å². The summed E-state index contributed by atoms with van der Waals surface area (Å²) in [6, 6.07) is 11.6. The monoisotopic (exact) mass is 368 g/mol. The highest BCUT2D eigenvalue weighted by Crippen LogP contribution is 2.28. The van der Waals surface area contributed by atoms with Crippen molar-refractivity contribution in [3.05, 3.63) is 54.6 Å². The van der Waals surface area contributed by atoms with Gasteiger partial charge in [-0.2, -0.15) is 0 Å². The molecule has 1 aliphatic heterocycles. The predicted molar refractivity (Wildman–Crippen MR) is 107 cm³/mol. The van der Waals surface area contributed by atoms with E-state index in [1.165, 1.54) is 18.4 Å². The van der Waals surface area contributed by atoms with E-state index in [0.717, 1.165) is 45.4 Å². The number of hydrogen-bond acceptors (Lipinski definition) is 4. The van der Waals surface area contributed by atoms with Crippen LogP contribution in [0.3, 0.4) is 0 Å². The number of aliphatic hydroxyl groups is 1. The fraction of sp³-hybridized carbons (Fsp3) is 0.591. The first kappa shape index (κ1) is 18.7. The molecule has 1 saturated carbocycles. The zero-order valence-corrected chi connectivity index (χ0v) is 16.1. The van der Waals surface area contributed by atoms with Crippen molar-refractivity contribution in [2.45, 2.75) is 56.8 Å². The van der Waals surface area contributed by atoms with Crippen LogP contribution in [-0.2, 0) is 13.0 Å². The summed E-state index contributed by atoms with van der Waals surface area (Å²) >= 11 is 0. The van der Waals surface area contributed by atoms with Crippen molar-refractivity contribution in [3.63, 3.8) is 0 Å². The molecule has 0 radical (unpaired) electrons. The van der Waals surface area contributed by atoms with E-state index in [1.807, 2.05) is 18.7 Å². The highest BCUT2D eigenvalue weighted by Gasteiger charge is 2.34. The minimum Gasteiger partial charge on any atom is -0.391 e. The van der Waals surface area contributed by atoms with Gasteiger partial charge in [-0.3, -0.25) is 0 Å². The summed E-state index contributed by atoms with van der Waals surface area (Å²) in [6.07, 6.45) is 11.0. The molecule has 5 heteroatoms. The molecule has 1 unspecified atom stereocenters. The van der Waals surface area contributed by atoms with E-state index < -0.39 is 0 Å². The summed E-state index contributed by atoms with van der Waals surface area (Å²) in [7, 11) is 0. The van der Waals surface area contributed by atoms with Crippen LogP contribution in [0.25, 0.3) is 0 Å². The molecule has 1 aliphatic carbocycles. The number of nitrogens with zero attached hydrogens (tertiary/aromatic N) is 3. The van der Waals surface area contributed by atoms with Crippen LogP contribution in [0.15, 0.2) is 49.1 Å². The summed E-state index contributed by atoms with van der Waals surface area (Å²) in [5, 5.41) is 14.3. The lowest BCUT2D eigenvalue weighted by Gasteiger charge is -2.34. The normalized spacial score (nSPS) is 27.2. The molecular formula is C22H32N4O. The Hall–Kier alpha value is -1.69. The second kappa shape index (κ2) is 9.00. The van der Waals surface area contributed by atoms with Gasteiger partial charge in [0.25, 0.3) is 0 Å². The maximum Gasteiger partial charge on any atom is 0.0945 e. The van der Waals surface area contributed by atoms with Gasteiger partial charge in [0, 0.05) is 37.6 Å². The molecule has 2 heterocycles. The zero-order chi connectivity index (χ0) is 18.5. The average Bonchev–Trinajstić information content (AvgIpc) is 3.32. The van der Waals surface area contributed by atoms with Crippen LogP contribution in [-0.4, -0.2) is 57.4 Å². The molecule has 146 valence electrons. The molecule has 0 amide bonds. The number of rotatable bonds is 7. The Labute approximate surface area is 162 Å². The number of aliphatic hydroxyl groups excluding tert-OH is 1. The SMILES string of the molecule is O[C@@H]1CC(Cn2ccnc2)C[C@H]1NC1CCN(CCc2ccccc2)CC1. The summed E-state index contributed by atoms with van der Waals surface area (Å²) in [5.41, 5.74) is 1.43. The van der Waals surface area contributed by atoms with E-state index >= 15 is 0 Å². The number of hydrogen-bond donors (Lipinski definition) is 2. The van der Waals surface area contributed by atoms with Crippen molar-refractivity contribution in [1.29, 1.82) is 0 Å². The molecule has 5 nitrogen and oxygen atoms in total. The highest BCUT2D eigenvalue weighted by molar-refractivity contribution is 5.14. The minimum absolute atomic E-state index is 0.213. The van der Waals surface area contributed by atoms with Crippen LogP contribution in [0.2, 0.25) is 0 Å². The van der Waals surface area contributed by atoms with Crippen molar-refractivity contribution in [2.24, 2.45) is 5.92 Å². The van der Waals surface area contributed by atoms with E-state index in [4.69, 9.17) is 0 Å². The maximum atomic E-state index is 10.5. The van der Waals surface area contributed by atoms with Gasteiger partial charge in [0.1, 0.15) is 0 Å². The topological polar surface area (TPSA) is 53.3 Å². The first-order chi connectivity index (χ1) is 13.3. The van der Waals surface area contributed by atoms with Gasteiger partial charge in [0.05, 0.1) is 12.4 Å². The summed E-state index contributed by atoms with van der Waals surface area (Å²) in [4.78, 5) is 6.70. The molecule has 1 saturated heterocycles. The second-order valence-electron chi connectivity index (χ2n) is 8.29. The number of nitrogens with one attached hydrogen (secondary N) is 1. The van der Waals surface area contributed by atoms with E-state index in [9.17, 15) is 5.11 Å². The van der Waals surface area contributed by atoms with Crippen molar-refractivity contribution in [2.75, 3.05) is 19.6 Å². The minimum atomic E-state index is -0.213. The standard InChI is InChI=1S/C22H32N4O/c27-22-15-19(16-26-13-9-23-17-26)14-21(22)24-20-7-11-25(12-8-20)10-6-18-4-2-1-3-5-18/h1-5,9,13,17,19-22,24,27H,6-8,10-12,14-16H2/t19?,21-,22-/m1/s1. The zero-order valence-electron chi connectivity index (χ0n) is 16.1. The van der Waals surface area contributed by atoms with Crippen LogP contribution in [0.1, 0.15) is 31.2 Å². The number of likely N-dealkylation sites (tertiary alicyclic amines) is 1. The molecule has 1 aromatic heterocycles. The number of piperidine rings is 1. The van der Waals surface area contributed by atoms with Gasteiger partial charge in [0.15, 0.2) is 0 Å². The Morgan fingerprint density at radius 1 is 1.11 bits per heavy atom. The van der Waals surface area contributed by atoms with Crippen molar-refractivity contribution in [3.8, 4) is 0 Å². The second-order valence-corrected chi connectivity index (χ2v) is 8.29. The van der Waals surface area contributed by atoms with Crippen molar-refractivity contribution < 1.29 is 5.11 Å². The van der Waals surface area contributed by atoms with Crippen LogP contribution < -0.4 is 5.32 Å². The van der Waals surface area contributed by atoms with Crippen LogP contribution in [0.4, 0.5) is 0 Å². The Bertz CT molecular complexity index is 667. The Morgan fingerprint density at radius 3 is 2.67 bits per heavy atom. The smallest absolute Gasteiger partial charge is 0.0945 e. The molecule has 3 atom stereocenters. The fourth-order valence-corrected chi connectivity index (χ4v) is 4.70. The Morgan fingerprint density at radius 2 is 1.93 bits per heavy atom. The molecule has 1 aromatic carbocycles. The third-order valence-corrected chi connectivity index (χ3v) is 6.25. The molecule has 2 aromatic rings. The maximum absolute atomic E-state index is 10.5. The van der Waals surface area contributed by atoms with E-state index in [1.54, 1.807) is 0 Å². The molecule has 4 rings (SSSR count). The van der Waals surface area contributed by atoms with Crippen LogP contribution in [0, 0.1) is 5.92 Å². The average molecular weight is 369 g/mol. The first-order valence-corrected chi connectivity index (χ1v) is 10.4. The molecule has 2 N–H and O–H groups in total. The van der Waals surface area contributed by atoms with Gasteiger partial charge in [-0.25, -0.2) is 4.98 Å². The van der Waals surface area contributed by atoms with Gasteiger partial charge in [-0.1, -0.05) is 30.3 Å². The molecule has 0 spiro atoms. The van der Waals surface area contributed by atoms with Crippen molar-refractivity contribution >= 4 is 0 Å². The number of aromatic nitrogens is 2. The molecular weight excluding hydrogens is 336 g/mol. The first-order valence-electron chi connectivity index (χ1n) is 10.4. The Balaban J connectivity index is 1.18. The quantitative estimate of drug-likeness (QED) is 0.788. The van der Waals surface area contributed by atoms with Gasteiger partial charge < -0.3 is 19.9 Å². The van der Waals surface area contributed by atoms with Gasteiger partial charge in [0.2, 0.25) is 0 Å². The lowest BCUT2D eigenvalue weighted by Crippen LogP contribution is -2.48. The summed E-state index contributed by atoms with van der Waals surface area (Å²) in [6.45, 7) is 4.43. The van der Waals surface area contributed by atoms with Gasteiger partial charge in [-0.15, -0.1) is 0 Å². The van der Waals surface area contributed by atoms with E-state index in [0.29, 0.717) is 12.0 Å². The Kier molecular flexibility index (Phi) is 6.22. The largest absolute Gasteiger partial charge is 0.391 e. The molecule has 2 fully saturated rings. The predicted octanol–water partition coefficient (Wildman–Crippen LogP) is 2.32. The van der Waals surface area contributed by atoms with Gasteiger partial charge >= 0.3 is 0 Å². The van der Waals surface area contributed by atoms with E-state index in [2.05, 4.69) is 50.1 Å². The lowest BCUT2D eigenvalue weighted by atomic mass is 10.0. The van der Waals surface area contributed by atoms with E-state index in [-0.39, 0.29) is 12.1 Å². The number of benzene rings is 1. The van der Waals surface area contributed by atoms with Crippen LogP contribution in [0.5, 0.6) is 0 Å². The molecule has 0 bridgehead atoms.